The summed E-state index contributed by atoms with van der Waals surface area (Å²) < 4.78 is 13.9. The van der Waals surface area contributed by atoms with Gasteiger partial charge in [0.05, 0.1) is 6.61 Å². The predicted molar refractivity (Wildman–Crippen MR) is 62.0 cm³/mol. The maximum atomic E-state index is 13.9. The first-order valence-corrected chi connectivity index (χ1v) is 5.73. The number of alkyl halides is 1. The van der Waals surface area contributed by atoms with Crippen LogP contribution in [0.5, 0.6) is 0 Å². The molecule has 0 aliphatic carbocycles. The van der Waals surface area contributed by atoms with Gasteiger partial charge in [-0.2, -0.15) is 0 Å². The van der Waals surface area contributed by atoms with Crippen LogP contribution in [0.2, 0.25) is 0 Å². The molecule has 2 nitrogen and oxygen atoms in total. The van der Waals surface area contributed by atoms with Gasteiger partial charge >= 0.3 is 0 Å². The minimum absolute atomic E-state index is 0.213. The quantitative estimate of drug-likeness (QED) is 0.848. The van der Waals surface area contributed by atoms with Crippen LogP contribution in [0.4, 0.5) is 4.39 Å². The van der Waals surface area contributed by atoms with Crippen molar-refractivity contribution in [2.75, 3.05) is 19.7 Å². The monoisotopic (exact) mass is 223 g/mol. The molecular weight excluding hydrogens is 205 g/mol. The number of benzene rings is 1. The fourth-order valence-electron chi connectivity index (χ4n) is 2.27. The molecule has 3 heteroatoms. The molecule has 1 aliphatic heterocycles. The number of hydrogen-bond donors (Lipinski definition) is 1. The van der Waals surface area contributed by atoms with Gasteiger partial charge in [0.2, 0.25) is 0 Å². The lowest BCUT2D eigenvalue weighted by atomic mass is 10.1. The van der Waals surface area contributed by atoms with Gasteiger partial charge in [-0.3, -0.25) is 4.90 Å². The van der Waals surface area contributed by atoms with Crippen molar-refractivity contribution in [3.05, 3.63) is 35.9 Å². The molecule has 88 valence electrons. The van der Waals surface area contributed by atoms with E-state index >= 15 is 0 Å². The van der Waals surface area contributed by atoms with Gasteiger partial charge in [-0.25, -0.2) is 4.39 Å². The zero-order valence-corrected chi connectivity index (χ0v) is 9.56. The van der Waals surface area contributed by atoms with E-state index in [9.17, 15) is 4.39 Å². The van der Waals surface area contributed by atoms with Gasteiger partial charge in [-0.1, -0.05) is 30.3 Å². The Morgan fingerprint density at radius 1 is 1.44 bits per heavy atom. The Morgan fingerprint density at radius 3 is 2.69 bits per heavy atom. The largest absolute Gasteiger partial charge is 0.393 e. The topological polar surface area (TPSA) is 23.5 Å². The maximum Gasteiger partial charge on any atom is 0.147 e. The van der Waals surface area contributed by atoms with E-state index in [0.29, 0.717) is 19.5 Å². The molecule has 0 radical (unpaired) electrons. The fraction of sp³-hybridized carbons (Fsp3) is 0.538. The van der Waals surface area contributed by atoms with E-state index in [-0.39, 0.29) is 12.6 Å². The highest BCUT2D eigenvalue weighted by molar-refractivity contribution is 5.19. The highest BCUT2D eigenvalue weighted by Crippen LogP contribution is 2.31. The Kier molecular flexibility index (Phi) is 3.26. The smallest absolute Gasteiger partial charge is 0.147 e. The lowest BCUT2D eigenvalue weighted by Gasteiger charge is -2.25. The Labute approximate surface area is 95.7 Å². The summed E-state index contributed by atoms with van der Waals surface area (Å²) in [5.74, 6) is 0. The number of halogens is 1. The second-order valence-corrected chi connectivity index (χ2v) is 4.62. The van der Waals surface area contributed by atoms with E-state index in [1.807, 2.05) is 18.2 Å². The van der Waals surface area contributed by atoms with Crippen molar-refractivity contribution in [2.45, 2.75) is 25.1 Å². The summed E-state index contributed by atoms with van der Waals surface area (Å²) in [6.45, 7) is 2.76. The van der Waals surface area contributed by atoms with Crippen LogP contribution in [0.3, 0.4) is 0 Å². The van der Waals surface area contributed by atoms with Crippen LogP contribution >= 0.6 is 0 Å². The van der Waals surface area contributed by atoms with Gasteiger partial charge < -0.3 is 5.11 Å². The van der Waals surface area contributed by atoms with E-state index in [1.54, 1.807) is 0 Å². The summed E-state index contributed by atoms with van der Waals surface area (Å²) in [5, 5.41) is 8.99. The molecule has 1 aliphatic rings. The van der Waals surface area contributed by atoms with Crippen LogP contribution in [0.1, 0.15) is 24.9 Å². The molecule has 1 N–H and O–H groups in total. The Balaban J connectivity index is 2.05. The molecule has 1 aromatic carbocycles. The van der Waals surface area contributed by atoms with E-state index in [0.717, 1.165) is 0 Å². The van der Waals surface area contributed by atoms with Crippen molar-refractivity contribution < 1.29 is 9.50 Å². The zero-order valence-electron chi connectivity index (χ0n) is 9.56. The molecule has 0 amide bonds. The molecule has 0 saturated carbocycles. The van der Waals surface area contributed by atoms with Crippen LogP contribution in [0.25, 0.3) is 0 Å². The van der Waals surface area contributed by atoms with E-state index < -0.39 is 5.67 Å². The second kappa shape index (κ2) is 4.52. The van der Waals surface area contributed by atoms with Gasteiger partial charge in [-0.15, -0.1) is 0 Å². The third kappa shape index (κ3) is 2.25. The molecule has 1 aromatic rings. The third-order valence-corrected chi connectivity index (χ3v) is 3.45. The number of aliphatic hydroxyl groups is 1. The second-order valence-electron chi connectivity index (χ2n) is 4.62. The van der Waals surface area contributed by atoms with Crippen LogP contribution in [0.15, 0.2) is 30.3 Å². The van der Waals surface area contributed by atoms with E-state index in [2.05, 4.69) is 24.0 Å². The first-order valence-electron chi connectivity index (χ1n) is 5.73. The van der Waals surface area contributed by atoms with Crippen LogP contribution in [-0.4, -0.2) is 35.4 Å². The van der Waals surface area contributed by atoms with Crippen molar-refractivity contribution in [3.63, 3.8) is 0 Å². The summed E-state index contributed by atoms with van der Waals surface area (Å²) in [5.41, 5.74) is -0.201. The van der Waals surface area contributed by atoms with E-state index in [4.69, 9.17) is 5.11 Å². The van der Waals surface area contributed by atoms with Crippen LogP contribution < -0.4 is 0 Å². The van der Waals surface area contributed by atoms with Crippen LogP contribution in [0, 0.1) is 0 Å². The van der Waals surface area contributed by atoms with Gasteiger partial charge in [0.1, 0.15) is 5.67 Å². The number of nitrogens with zero attached hydrogens (tertiary/aromatic N) is 1. The lowest BCUT2D eigenvalue weighted by Crippen LogP contribution is -2.33. The fourth-order valence-corrected chi connectivity index (χ4v) is 2.27. The van der Waals surface area contributed by atoms with Gasteiger partial charge in [0.25, 0.3) is 0 Å². The van der Waals surface area contributed by atoms with Crippen molar-refractivity contribution in [3.8, 4) is 0 Å². The first kappa shape index (κ1) is 11.6. The first-order chi connectivity index (χ1) is 7.64. The van der Waals surface area contributed by atoms with E-state index in [1.165, 1.54) is 5.56 Å². The third-order valence-electron chi connectivity index (χ3n) is 3.45. The standard InChI is InChI=1S/C13H18FNO/c1-11(12-5-3-2-4-6-12)15-8-7-13(14,9-15)10-16/h2-6,11,16H,7-10H2,1H3/t11-,13-/m1/s1. The molecular formula is C13H18FNO. The lowest BCUT2D eigenvalue weighted by molar-refractivity contribution is 0.0727. The predicted octanol–water partition coefficient (Wildman–Crippen LogP) is 2.15. The zero-order chi connectivity index (χ0) is 11.6. The highest BCUT2D eigenvalue weighted by Gasteiger charge is 2.39. The molecule has 0 aromatic heterocycles. The van der Waals surface area contributed by atoms with Gasteiger partial charge in [0.15, 0.2) is 0 Å². The highest BCUT2D eigenvalue weighted by atomic mass is 19.1. The minimum atomic E-state index is -1.40. The molecule has 2 rings (SSSR count). The van der Waals surface area contributed by atoms with Gasteiger partial charge in [-0.05, 0) is 18.9 Å². The number of rotatable bonds is 3. The Morgan fingerprint density at radius 2 is 2.12 bits per heavy atom. The molecule has 0 spiro atoms. The molecule has 2 atom stereocenters. The normalized spacial score (nSPS) is 28.2. The number of aliphatic hydroxyl groups excluding tert-OH is 1. The number of likely N-dealkylation sites (tertiary alicyclic amines) is 1. The Hall–Kier alpha value is -0.930. The van der Waals surface area contributed by atoms with Crippen molar-refractivity contribution in [1.29, 1.82) is 0 Å². The van der Waals surface area contributed by atoms with Crippen molar-refractivity contribution in [1.82, 2.24) is 4.90 Å². The molecule has 1 fully saturated rings. The van der Waals surface area contributed by atoms with Crippen molar-refractivity contribution in [2.24, 2.45) is 0 Å². The average Bonchev–Trinajstić information content (AvgIpc) is 2.73. The molecule has 1 heterocycles. The average molecular weight is 223 g/mol. The summed E-state index contributed by atoms with van der Waals surface area (Å²) in [7, 11) is 0. The molecule has 1 saturated heterocycles. The maximum absolute atomic E-state index is 13.9. The summed E-state index contributed by atoms with van der Waals surface area (Å²) in [6.07, 6.45) is 0.431. The summed E-state index contributed by atoms with van der Waals surface area (Å²) >= 11 is 0. The Bertz CT molecular complexity index is 343. The minimum Gasteiger partial charge on any atom is -0.393 e. The number of hydrogen-bond acceptors (Lipinski definition) is 2. The van der Waals surface area contributed by atoms with Gasteiger partial charge in [0, 0.05) is 19.1 Å². The molecule has 16 heavy (non-hydrogen) atoms. The molecule has 0 bridgehead atoms. The van der Waals surface area contributed by atoms with Crippen molar-refractivity contribution >= 4 is 0 Å². The summed E-state index contributed by atoms with van der Waals surface area (Å²) in [6, 6.07) is 10.3. The SMILES string of the molecule is C[C@H](c1ccccc1)N1CC[C@](F)(CO)C1. The van der Waals surface area contributed by atoms with Crippen LogP contribution in [-0.2, 0) is 0 Å². The summed E-state index contributed by atoms with van der Waals surface area (Å²) in [4.78, 5) is 2.09. The molecule has 0 unspecified atom stereocenters.